The van der Waals surface area contributed by atoms with Crippen LogP contribution in [0.4, 0.5) is 16.3 Å². The van der Waals surface area contributed by atoms with Gasteiger partial charge in [-0.25, -0.2) is 14.8 Å². The Kier molecular flexibility index (Phi) is 7.53. The summed E-state index contributed by atoms with van der Waals surface area (Å²) < 4.78 is 26.9. The fraction of sp³-hybridized carbons (Fsp3) is 0.542. The lowest BCUT2D eigenvalue weighted by Crippen LogP contribution is -2.44. The maximum absolute atomic E-state index is 11.9. The van der Waals surface area contributed by atoms with Crippen LogP contribution < -0.4 is 15.5 Å². The van der Waals surface area contributed by atoms with Crippen LogP contribution in [0.3, 0.4) is 0 Å². The largest absolute Gasteiger partial charge is 0.395 e. The lowest BCUT2D eigenvalue weighted by molar-refractivity contribution is 0.0985. The number of aliphatic hydroxyl groups is 1. The van der Waals surface area contributed by atoms with Crippen LogP contribution in [-0.2, 0) is 9.48 Å². The van der Waals surface area contributed by atoms with Crippen molar-refractivity contribution in [3.8, 4) is 11.4 Å². The second-order valence-corrected chi connectivity index (χ2v) is 12.4. The Morgan fingerprint density at radius 1 is 1.23 bits per heavy atom. The normalized spacial score (nSPS) is 19.4. The molecule has 5 N–H and O–H groups in total. The number of benzene rings is 1. The summed E-state index contributed by atoms with van der Waals surface area (Å²) in [6.07, 6.45) is 1.63. The van der Waals surface area contributed by atoms with Gasteiger partial charge in [-0.3, -0.25) is 9.11 Å². The monoisotopic (exact) mass is 505 g/mol. The van der Waals surface area contributed by atoms with Gasteiger partial charge in [0.05, 0.1) is 36.3 Å². The number of nitrogens with one attached hydrogen (secondary N) is 2. The number of nitrogens with zero attached hydrogens (tertiary/aromatic N) is 3. The van der Waals surface area contributed by atoms with E-state index in [0.717, 1.165) is 24.2 Å². The first kappa shape index (κ1) is 25.6. The van der Waals surface area contributed by atoms with Crippen molar-refractivity contribution in [3.63, 3.8) is 0 Å². The standard InChI is InChI=1S/C24H35N5O5S/c1-16-15-34-13-11-29(16)21-14-20(24(2,3)35(32,33)19-8-9-19)27-22(28-21)17-4-6-18(7-5-17)26-23(31)25-10-12-30/h4-7,14,16,19,30,32-33H,8-13,15H2,1-3H3,(H2,25,26,31)/t16-/m0/s1. The fourth-order valence-corrected chi connectivity index (χ4v) is 6.14. The molecule has 2 amide bonds. The van der Waals surface area contributed by atoms with Gasteiger partial charge in [-0.05, 0) is 57.9 Å². The average molecular weight is 506 g/mol. The van der Waals surface area contributed by atoms with E-state index >= 15 is 0 Å². The van der Waals surface area contributed by atoms with Gasteiger partial charge < -0.3 is 25.4 Å². The van der Waals surface area contributed by atoms with Crippen molar-refractivity contribution in [2.45, 2.75) is 49.7 Å². The van der Waals surface area contributed by atoms with Gasteiger partial charge in [-0.15, -0.1) is 0 Å². The molecule has 192 valence electrons. The lowest BCUT2D eigenvalue weighted by atomic mass is 10.1. The molecule has 1 atom stereocenters. The molecule has 2 aromatic rings. The predicted octanol–water partition coefficient (Wildman–Crippen LogP) is 3.63. The molecular weight excluding hydrogens is 470 g/mol. The summed E-state index contributed by atoms with van der Waals surface area (Å²) in [6, 6.07) is 8.74. The molecule has 4 rings (SSSR count). The third kappa shape index (κ3) is 5.54. The van der Waals surface area contributed by atoms with E-state index in [0.29, 0.717) is 37.0 Å². The molecule has 2 heterocycles. The molecule has 1 aromatic carbocycles. The highest BCUT2D eigenvalue weighted by Crippen LogP contribution is 2.67. The number of carbonyl (C=O) groups excluding carboxylic acids is 1. The molecule has 1 aliphatic carbocycles. The van der Waals surface area contributed by atoms with Crippen LogP contribution in [0.5, 0.6) is 0 Å². The number of aromatic nitrogens is 2. The number of hydrogen-bond acceptors (Lipinski definition) is 8. The van der Waals surface area contributed by atoms with Crippen LogP contribution in [0.2, 0.25) is 0 Å². The number of morpholine rings is 1. The van der Waals surface area contributed by atoms with Crippen LogP contribution >= 0.6 is 10.6 Å². The molecule has 1 saturated heterocycles. The van der Waals surface area contributed by atoms with Crippen molar-refractivity contribution in [3.05, 3.63) is 36.0 Å². The quantitative estimate of drug-likeness (QED) is 0.366. The minimum absolute atomic E-state index is 0.0935. The Morgan fingerprint density at radius 2 is 1.94 bits per heavy atom. The second-order valence-electron chi connectivity index (χ2n) is 9.54. The van der Waals surface area contributed by atoms with E-state index in [2.05, 4.69) is 22.5 Å². The maximum Gasteiger partial charge on any atom is 0.319 e. The van der Waals surface area contributed by atoms with E-state index in [4.69, 9.17) is 19.8 Å². The van der Waals surface area contributed by atoms with Crippen molar-refractivity contribution >= 4 is 28.1 Å². The van der Waals surface area contributed by atoms with E-state index in [1.807, 2.05) is 32.0 Å². The summed E-state index contributed by atoms with van der Waals surface area (Å²) in [7, 11) is -2.91. The zero-order chi connectivity index (χ0) is 25.2. The van der Waals surface area contributed by atoms with Crippen LogP contribution in [0, 0.1) is 0 Å². The number of aliphatic hydroxyl groups excluding tert-OH is 1. The van der Waals surface area contributed by atoms with Crippen molar-refractivity contribution in [2.24, 2.45) is 0 Å². The zero-order valence-corrected chi connectivity index (χ0v) is 21.2. The summed E-state index contributed by atoms with van der Waals surface area (Å²) >= 11 is 0. The summed E-state index contributed by atoms with van der Waals surface area (Å²) in [4.78, 5) is 23.7. The van der Waals surface area contributed by atoms with Gasteiger partial charge in [0.25, 0.3) is 0 Å². The first-order chi connectivity index (χ1) is 16.6. The molecule has 2 aliphatic rings. The molecule has 35 heavy (non-hydrogen) atoms. The van der Waals surface area contributed by atoms with Crippen LogP contribution in [0.15, 0.2) is 30.3 Å². The third-order valence-corrected chi connectivity index (χ3v) is 9.64. The molecule has 0 radical (unpaired) electrons. The van der Waals surface area contributed by atoms with Crippen LogP contribution in [0.1, 0.15) is 39.3 Å². The number of anilines is 2. The molecule has 11 heteroatoms. The van der Waals surface area contributed by atoms with E-state index in [9.17, 15) is 13.9 Å². The highest BCUT2D eigenvalue weighted by Gasteiger charge is 2.48. The first-order valence-corrected chi connectivity index (χ1v) is 13.5. The average Bonchev–Trinajstić information content (AvgIpc) is 3.69. The van der Waals surface area contributed by atoms with E-state index < -0.39 is 21.4 Å². The maximum atomic E-state index is 11.9. The Hall–Kier alpha value is -2.44. The molecule has 1 aromatic heterocycles. The van der Waals surface area contributed by atoms with Gasteiger partial charge in [0.1, 0.15) is 5.82 Å². The molecule has 0 spiro atoms. The molecule has 1 aliphatic heterocycles. The summed E-state index contributed by atoms with van der Waals surface area (Å²) in [6.45, 7) is 7.67. The zero-order valence-electron chi connectivity index (χ0n) is 20.4. The van der Waals surface area contributed by atoms with Crippen LogP contribution in [0.25, 0.3) is 11.4 Å². The van der Waals surface area contributed by atoms with Crippen molar-refractivity contribution < 1.29 is 23.7 Å². The minimum Gasteiger partial charge on any atom is -0.395 e. The topological polar surface area (TPSA) is 140 Å². The van der Waals surface area contributed by atoms with Crippen LogP contribution in [-0.4, -0.2) is 74.4 Å². The third-order valence-electron chi connectivity index (χ3n) is 6.53. The summed E-state index contributed by atoms with van der Waals surface area (Å²) in [5.74, 6) is 1.21. The van der Waals surface area contributed by atoms with Crippen molar-refractivity contribution in [2.75, 3.05) is 43.1 Å². The Labute approximate surface area is 207 Å². The van der Waals surface area contributed by atoms with Gasteiger partial charge >= 0.3 is 6.03 Å². The summed E-state index contributed by atoms with van der Waals surface area (Å²) in [5.41, 5.74) is 1.92. The van der Waals surface area contributed by atoms with Gasteiger partial charge in [0.2, 0.25) is 0 Å². The smallest absolute Gasteiger partial charge is 0.319 e. The highest BCUT2D eigenvalue weighted by molar-refractivity contribution is 8.25. The number of urea groups is 1. The number of ether oxygens (including phenoxy) is 1. The minimum atomic E-state index is -2.91. The number of carbonyl (C=O) groups is 1. The highest BCUT2D eigenvalue weighted by atomic mass is 32.3. The fourth-order valence-electron chi connectivity index (χ4n) is 4.10. The first-order valence-electron chi connectivity index (χ1n) is 11.9. The predicted molar refractivity (Wildman–Crippen MR) is 138 cm³/mol. The lowest BCUT2D eigenvalue weighted by Gasteiger charge is -2.47. The number of hydrogen-bond donors (Lipinski definition) is 5. The molecular formula is C24H35N5O5S. The Balaban J connectivity index is 1.69. The molecule has 2 fully saturated rings. The Bertz CT molecular complexity index is 1050. The Morgan fingerprint density at radius 3 is 2.57 bits per heavy atom. The molecule has 0 bridgehead atoms. The van der Waals surface area contributed by atoms with E-state index in [1.54, 1.807) is 12.1 Å². The SMILES string of the molecule is C[C@H]1COCCN1c1cc(C(C)(C)S(O)(O)C2CC2)nc(-c2ccc(NC(=O)NCCO)cc2)n1. The van der Waals surface area contributed by atoms with Gasteiger partial charge in [-0.2, -0.15) is 10.6 Å². The number of rotatable bonds is 8. The summed E-state index contributed by atoms with van der Waals surface area (Å²) in [5, 5.41) is 14.0. The second kappa shape index (κ2) is 10.3. The number of amides is 2. The van der Waals surface area contributed by atoms with Gasteiger partial charge in [0, 0.05) is 35.7 Å². The van der Waals surface area contributed by atoms with Gasteiger partial charge in [-0.1, -0.05) is 0 Å². The van der Waals surface area contributed by atoms with Crippen molar-refractivity contribution in [1.82, 2.24) is 15.3 Å². The van der Waals surface area contributed by atoms with E-state index in [1.165, 1.54) is 0 Å². The van der Waals surface area contributed by atoms with E-state index in [-0.39, 0.29) is 24.4 Å². The molecule has 10 nitrogen and oxygen atoms in total. The molecule has 0 unspecified atom stereocenters. The van der Waals surface area contributed by atoms with Crippen molar-refractivity contribution in [1.29, 1.82) is 0 Å². The molecule has 1 saturated carbocycles. The van der Waals surface area contributed by atoms with Gasteiger partial charge in [0.15, 0.2) is 5.82 Å².